The second-order valence-corrected chi connectivity index (χ2v) is 5.25. The van der Waals surface area contributed by atoms with Gasteiger partial charge in [-0.3, -0.25) is 4.79 Å². The van der Waals surface area contributed by atoms with Crippen molar-refractivity contribution in [1.29, 1.82) is 0 Å². The fourth-order valence-electron chi connectivity index (χ4n) is 2.18. The standard InChI is InChI=1S/C18H20FNO2/c19-16-8-3-15(4-9-16)7-12-18(22)20-13-1-2-14-5-10-17(21)11-6-14/h3-6,8-11,21H,1-2,7,12-13H2,(H,20,22). The maximum atomic E-state index is 12.8. The van der Waals surface area contributed by atoms with Crippen LogP contribution < -0.4 is 5.32 Å². The molecule has 0 aliphatic carbocycles. The number of aromatic hydroxyl groups is 1. The monoisotopic (exact) mass is 301 g/mol. The molecule has 0 aliphatic rings. The topological polar surface area (TPSA) is 49.3 Å². The molecule has 2 aromatic rings. The molecule has 0 unspecified atom stereocenters. The summed E-state index contributed by atoms with van der Waals surface area (Å²) >= 11 is 0. The minimum atomic E-state index is -0.262. The Morgan fingerprint density at radius 2 is 1.55 bits per heavy atom. The molecule has 0 spiro atoms. The SMILES string of the molecule is O=C(CCc1ccc(F)cc1)NCCCc1ccc(O)cc1. The molecule has 0 saturated heterocycles. The fourth-order valence-corrected chi connectivity index (χ4v) is 2.18. The molecular weight excluding hydrogens is 281 g/mol. The van der Waals surface area contributed by atoms with E-state index in [1.807, 2.05) is 12.1 Å². The highest BCUT2D eigenvalue weighted by molar-refractivity contribution is 5.76. The van der Waals surface area contributed by atoms with Crippen molar-refractivity contribution in [2.75, 3.05) is 6.54 Å². The van der Waals surface area contributed by atoms with Crippen LogP contribution in [0.25, 0.3) is 0 Å². The number of benzene rings is 2. The van der Waals surface area contributed by atoms with Crippen LogP contribution in [-0.4, -0.2) is 17.6 Å². The van der Waals surface area contributed by atoms with E-state index in [4.69, 9.17) is 0 Å². The number of carbonyl (C=O) groups is 1. The van der Waals surface area contributed by atoms with Crippen LogP contribution in [0.1, 0.15) is 24.0 Å². The summed E-state index contributed by atoms with van der Waals surface area (Å²) in [6.07, 6.45) is 2.74. The van der Waals surface area contributed by atoms with Gasteiger partial charge in [0.15, 0.2) is 0 Å². The summed E-state index contributed by atoms with van der Waals surface area (Å²) in [6, 6.07) is 13.3. The van der Waals surface area contributed by atoms with Gasteiger partial charge in [0.05, 0.1) is 0 Å². The third-order valence-electron chi connectivity index (χ3n) is 3.45. The van der Waals surface area contributed by atoms with Gasteiger partial charge in [-0.15, -0.1) is 0 Å². The number of phenolic OH excluding ortho intramolecular Hbond substituents is 1. The molecule has 0 radical (unpaired) electrons. The van der Waals surface area contributed by atoms with Crippen molar-refractivity contribution < 1.29 is 14.3 Å². The molecule has 2 rings (SSSR count). The van der Waals surface area contributed by atoms with Crippen molar-refractivity contribution in [2.24, 2.45) is 0 Å². The molecule has 0 aromatic heterocycles. The molecular formula is C18H20FNO2. The van der Waals surface area contributed by atoms with Gasteiger partial charge in [-0.2, -0.15) is 0 Å². The molecule has 0 aliphatic heterocycles. The Morgan fingerprint density at radius 3 is 2.23 bits per heavy atom. The van der Waals surface area contributed by atoms with E-state index in [0.717, 1.165) is 24.0 Å². The molecule has 2 N–H and O–H groups in total. The molecule has 0 bridgehead atoms. The average Bonchev–Trinajstić information content (AvgIpc) is 2.53. The van der Waals surface area contributed by atoms with Gasteiger partial charge in [0.1, 0.15) is 11.6 Å². The van der Waals surface area contributed by atoms with E-state index in [0.29, 0.717) is 19.4 Å². The molecule has 22 heavy (non-hydrogen) atoms. The zero-order valence-electron chi connectivity index (χ0n) is 12.4. The summed E-state index contributed by atoms with van der Waals surface area (Å²) in [6.45, 7) is 0.628. The number of amides is 1. The fraction of sp³-hybridized carbons (Fsp3) is 0.278. The quantitative estimate of drug-likeness (QED) is 0.772. The Kier molecular flexibility index (Phi) is 5.95. The third-order valence-corrected chi connectivity index (χ3v) is 3.45. The van der Waals surface area contributed by atoms with Crippen molar-refractivity contribution in [3.05, 3.63) is 65.5 Å². The van der Waals surface area contributed by atoms with E-state index in [1.165, 1.54) is 12.1 Å². The zero-order chi connectivity index (χ0) is 15.8. The predicted octanol–water partition coefficient (Wildman–Crippen LogP) is 3.21. The smallest absolute Gasteiger partial charge is 0.220 e. The number of phenols is 1. The van der Waals surface area contributed by atoms with Gasteiger partial charge < -0.3 is 10.4 Å². The Labute approximate surface area is 129 Å². The second-order valence-electron chi connectivity index (χ2n) is 5.25. The van der Waals surface area contributed by atoms with Crippen LogP contribution in [0.3, 0.4) is 0 Å². The Hall–Kier alpha value is -2.36. The molecule has 0 fully saturated rings. The lowest BCUT2D eigenvalue weighted by Gasteiger charge is -2.06. The van der Waals surface area contributed by atoms with Gasteiger partial charge in [-0.25, -0.2) is 4.39 Å². The van der Waals surface area contributed by atoms with Crippen LogP contribution in [-0.2, 0) is 17.6 Å². The summed E-state index contributed by atoms with van der Waals surface area (Å²) < 4.78 is 12.8. The van der Waals surface area contributed by atoms with Crippen molar-refractivity contribution in [3.63, 3.8) is 0 Å². The van der Waals surface area contributed by atoms with Crippen LogP contribution >= 0.6 is 0 Å². The minimum Gasteiger partial charge on any atom is -0.508 e. The highest BCUT2D eigenvalue weighted by atomic mass is 19.1. The van der Waals surface area contributed by atoms with E-state index >= 15 is 0 Å². The van der Waals surface area contributed by atoms with Gasteiger partial charge in [0.25, 0.3) is 0 Å². The Bertz CT molecular complexity index is 593. The third kappa shape index (κ3) is 5.56. The predicted molar refractivity (Wildman–Crippen MR) is 84.2 cm³/mol. The highest BCUT2D eigenvalue weighted by Crippen LogP contribution is 2.11. The molecule has 1 amide bonds. The van der Waals surface area contributed by atoms with E-state index in [2.05, 4.69) is 5.32 Å². The summed E-state index contributed by atoms with van der Waals surface area (Å²) in [4.78, 5) is 11.7. The summed E-state index contributed by atoms with van der Waals surface area (Å²) in [5, 5.41) is 12.1. The lowest BCUT2D eigenvalue weighted by atomic mass is 10.1. The van der Waals surface area contributed by atoms with Gasteiger partial charge in [-0.05, 0) is 54.7 Å². The van der Waals surface area contributed by atoms with Crippen LogP contribution in [0.15, 0.2) is 48.5 Å². The van der Waals surface area contributed by atoms with Gasteiger partial charge in [0, 0.05) is 13.0 Å². The maximum absolute atomic E-state index is 12.8. The number of hydrogen-bond acceptors (Lipinski definition) is 2. The first-order valence-corrected chi connectivity index (χ1v) is 7.42. The number of carbonyl (C=O) groups excluding carboxylic acids is 1. The molecule has 116 valence electrons. The molecule has 3 nitrogen and oxygen atoms in total. The Morgan fingerprint density at radius 1 is 0.955 bits per heavy atom. The molecule has 0 heterocycles. The molecule has 0 atom stereocenters. The number of halogens is 1. The van der Waals surface area contributed by atoms with Crippen LogP contribution in [0.5, 0.6) is 5.75 Å². The van der Waals surface area contributed by atoms with Crippen LogP contribution in [0.2, 0.25) is 0 Å². The number of nitrogens with one attached hydrogen (secondary N) is 1. The van der Waals surface area contributed by atoms with Crippen LogP contribution in [0.4, 0.5) is 4.39 Å². The number of hydrogen-bond donors (Lipinski definition) is 2. The minimum absolute atomic E-state index is 0.00929. The van der Waals surface area contributed by atoms with Crippen molar-refractivity contribution >= 4 is 5.91 Å². The molecule has 4 heteroatoms. The second kappa shape index (κ2) is 8.17. The van der Waals surface area contributed by atoms with Crippen LogP contribution in [0, 0.1) is 5.82 Å². The average molecular weight is 301 g/mol. The van der Waals surface area contributed by atoms with Crippen molar-refractivity contribution in [1.82, 2.24) is 5.32 Å². The first-order valence-electron chi connectivity index (χ1n) is 7.42. The van der Waals surface area contributed by atoms with Crippen molar-refractivity contribution in [2.45, 2.75) is 25.7 Å². The van der Waals surface area contributed by atoms with E-state index in [9.17, 15) is 14.3 Å². The maximum Gasteiger partial charge on any atom is 0.220 e. The van der Waals surface area contributed by atoms with E-state index in [-0.39, 0.29) is 17.5 Å². The first kappa shape index (κ1) is 16.0. The number of rotatable bonds is 7. The highest BCUT2D eigenvalue weighted by Gasteiger charge is 2.02. The summed E-state index contributed by atoms with van der Waals surface area (Å²) in [7, 11) is 0. The normalized spacial score (nSPS) is 10.4. The molecule has 2 aromatic carbocycles. The zero-order valence-corrected chi connectivity index (χ0v) is 12.4. The number of aryl methyl sites for hydroxylation is 2. The summed E-state index contributed by atoms with van der Waals surface area (Å²) in [5.41, 5.74) is 2.10. The van der Waals surface area contributed by atoms with Gasteiger partial charge in [-0.1, -0.05) is 24.3 Å². The largest absolute Gasteiger partial charge is 0.508 e. The molecule has 0 saturated carbocycles. The van der Waals surface area contributed by atoms with Gasteiger partial charge >= 0.3 is 0 Å². The lowest BCUT2D eigenvalue weighted by Crippen LogP contribution is -2.24. The Balaban J connectivity index is 1.61. The first-order chi connectivity index (χ1) is 10.6. The van der Waals surface area contributed by atoms with Gasteiger partial charge in [0.2, 0.25) is 5.91 Å². The summed E-state index contributed by atoms with van der Waals surface area (Å²) in [5.74, 6) is 0.00955. The van der Waals surface area contributed by atoms with E-state index < -0.39 is 0 Å². The van der Waals surface area contributed by atoms with Crippen molar-refractivity contribution in [3.8, 4) is 5.75 Å². The lowest BCUT2D eigenvalue weighted by molar-refractivity contribution is -0.121. The van der Waals surface area contributed by atoms with E-state index in [1.54, 1.807) is 24.3 Å².